The number of nitrogens with one attached hydrogen (secondary N) is 2. The topological polar surface area (TPSA) is 47.2 Å². The molecule has 25 heavy (non-hydrogen) atoms. The minimum absolute atomic E-state index is 0.549. The average Bonchev–Trinajstić information content (AvgIpc) is 3.15. The summed E-state index contributed by atoms with van der Waals surface area (Å²) in [6.07, 6.45) is 4.48. The summed E-state index contributed by atoms with van der Waals surface area (Å²) in [5.41, 5.74) is 5.26. The molecule has 4 rings (SSSR count). The molecule has 3 heterocycles. The van der Waals surface area contributed by atoms with Gasteiger partial charge in [0.15, 0.2) is 0 Å². The largest absolute Gasteiger partial charge is 0.316 e. The summed E-state index contributed by atoms with van der Waals surface area (Å²) in [4.78, 5) is 4.96. The van der Waals surface area contributed by atoms with Crippen molar-refractivity contribution in [2.45, 2.75) is 25.3 Å². The number of aromatic nitrogens is 2. The van der Waals surface area contributed by atoms with Crippen molar-refractivity contribution in [3.63, 3.8) is 0 Å². The second-order valence-corrected chi connectivity index (χ2v) is 7.52. The fourth-order valence-electron chi connectivity index (χ4n) is 4.04. The van der Waals surface area contributed by atoms with Gasteiger partial charge in [0, 0.05) is 56.4 Å². The van der Waals surface area contributed by atoms with Gasteiger partial charge in [-0.05, 0) is 43.6 Å². The molecule has 1 atom stereocenters. The van der Waals surface area contributed by atoms with Gasteiger partial charge in [-0.25, -0.2) is 0 Å². The van der Waals surface area contributed by atoms with Gasteiger partial charge >= 0.3 is 0 Å². The first-order valence-electron chi connectivity index (χ1n) is 9.54. The van der Waals surface area contributed by atoms with Crippen LogP contribution in [0.3, 0.4) is 0 Å². The molecule has 1 aromatic heterocycles. The van der Waals surface area contributed by atoms with Gasteiger partial charge in [-0.1, -0.05) is 18.2 Å². The lowest BCUT2D eigenvalue weighted by Crippen LogP contribution is -2.43. The first-order chi connectivity index (χ1) is 12.3. The Bertz CT molecular complexity index is 681. The normalized spacial score (nSPS) is 23.0. The standard InChI is InChI=1S/C20H29N5/c1-24-8-10-25(11-9-24)15-16-4-2-5-17(12-16)19-14-22-23-20(19)18-6-3-7-21-13-18/h2,4-5,12,14,18,21H,3,6-11,13,15H2,1H3,(H,22,23). The molecular formula is C20H29N5. The SMILES string of the molecule is CN1CCN(Cc2cccc(-c3cn[nH]c3C3CCCNC3)c2)CC1. The number of benzene rings is 1. The van der Waals surface area contributed by atoms with E-state index in [-0.39, 0.29) is 0 Å². The van der Waals surface area contributed by atoms with Crippen molar-refractivity contribution in [3.05, 3.63) is 41.7 Å². The molecule has 1 unspecified atom stereocenters. The Morgan fingerprint density at radius 2 is 2.08 bits per heavy atom. The molecule has 134 valence electrons. The Morgan fingerprint density at radius 3 is 2.88 bits per heavy atom. The summed E-state index contributed by atoms with van der Waals surface area (Å²) >= 11 is 0. The third-order valence-corrected chi connectivity index (χ3v) is 5.61. The Hall–Kier alpha value is -1.69. The monoisotopic (exact) mass is 339 g/mol. The third-order valence-electron chi connectivity index (χ3n) is 5.61. The van der Waals surface area contributed by atoms with E-state index < -0.39 is 0 Å². The lowest BCUT2D eigenvalue weighted by Gasteiger charge is -2.32. The first-order valence-corrected chi connectivity index (χ1v) is 9.54. The highest BCUT2D eigenvalue weighted by Gasteiger charge is 2.21. The van der Waals surface area contributed by atoms with Crippen molar-refractivity contribution >= 4 is 0 Å². The zero-order valence-electron chi connectivity index (χ0n) is 15.2. The van der Waals surface area contributed by atoms with Crippen LogP contribution < -0.4 is 5.32 Å². The maximum absolute atomic E-state index is 4.36. The van der Waals surface area contributed by atoms with E-state index in [1.807, 2.05) is 6.20 Å². The van der Waals surface area contributed by atoms with Gasteiger partial charge in [0.25, 0.3) is 0 Å². The predicted molar refractivity (Wildman–Crippen MR) is 102 cm³/mol. The first kappa shape index (κ1) is 16.8. The maximum atomic E-state index is 4.36. The van der Waals surface area contributed by atoms with E-state index in [0.717, 1.165) is 32.7 Å². The summed E-state index contributed by atoms with van der Waals surface area (Å²) in [5, 5.41) is 11.1. The van der Waals surface area contributed by atoms with Crippen molar-refractivity contribution in [1.82, 2.24) is 25.3 Å². The summed E-state index contributed by atoms with van der Waals surface area (Å²) in [5.74, 6) is 0.549. The minimum atomic E-state index is 0.549. The number of rotatable bonds is 4. The quantitative estimate of drug-likeness (QED) is 0.897. The van der Waals surface area contributed by atoms with Crippen LogP contribution in [0.25, 0.3) is 11.1 Å². The van der Waals surface area contributed by atoms with Gasteiger partial charge in [-0.15, -0.1) is 0 Å². The Labute approximate surface area is 150 Å². The summed E-state index contributed by atoms with van der Waals surface area (Å²) < 4.78 is 0. The summed E-state index contributed by atoms with van der Waals surface area (Å²) in [6, 6.07) is 9.02. The van der Waals surface area contributed by atoms with Crippen LogP contribution in [0.4, 0.5) is 0 Å². The Kier molecular flexibility index (Phi) is 5.15. The van der Waals surface area contributed by atoms with Crippen LogP contribution in [0.1, 0.15) is 30.0 Å². The molecular weight excluding hydrogens is 310 g/mol. The van der Waals surface area contributed by atoms with E-state index in [2.05, 4.69) is 56.6 Å². The summed E-state index contributed by atoms with van der Waals surface area (Å²) in [7, 11) is 2.21. The predicted octanol–water partition coefficient (Wildman–Crippen LogP) is 2.29. The molecule has 5 nitrogen and oxygen atoms in total. The van der Waals surface area contributed by atoms with Crippen LogP contribution in [0, 0.1) is 0 Å². The Morgan fingerprint density at radius 1 is 1.20 bits per heavy atom. The van der Waals surface area contributed by atoms with E-state index in [4.69, 9.17) is 0 Å². The van der Waals surface area contributed by atoms with Crippen LogP contribution in [-0.4, -0.2) is 66.3 Å². The van der Waals surface area contributed by atoms with Crippen LogP contribution >= 0.6 is 0 Å². The molecule has 2 saturated heterocycles. The van der Waals surface area contributed by atoms with E-state index >= 15 is 0 Å². The molecule has 0 amide bonds. The van der Waals surface area contributed by atoms with E-state index in [9.17, 15) is 0 Å². The Balaban J connectivity index is 1.51. The molecule has 2 fully saturated rings. The number of H-pyrrole nitrogens is 1. The number of hydrogen-bond donors (Lipinski definition) is 2. The number of aromatic amines is 1. The van der Waals surface area contributed by atoms with Crippen LogP contribution in [-0.2, 0) is 6.54 Å². The molecule has 1 aromatic carbocycles. The molecule has 0 radical (unpaired) electrons. The van der Waals surface area contributed by atoms with E-state index in [1.165, 1.54) is 48.3 Å². The number of piperazine rings is 1. The molecule has 2 N–H and O–H groups in total. The van der Waals surface area contributed by atoms with Gasteiger partial charge < -0.3 is 10.2 Å². The fraction of sp³-hybridized carbons (Fsp3) is 0.550. The van der Waals surface area contributed by atoms with Crippen molar-refractivity contribution in [2.24, 2.45) is 0 Å². The van der Waals surface area contributed by atoms with Crippen molar-refractivity contribution < 1.29 is 0 Å². The second-order valence-electron chi connectivity index (χ2n) is 7.52. The molecule has 0 spiro atoms. The number of nitrogens with zero attached hydrogens (tertiary/aromatic N) is 3. The van der Waals surface area contributed by atoms with Crippen LogP contribution in [0.2, 0.25) is 0 Å². The molecule has 2 aliphatic rings. The number of piperidine rings is 1. The minimum Gasteiger partial charge on any atom is -0.316 e. The van der Waals surface area contributed by atoms with Gasteiger partial charge in [-0.3, -0.25) is 10.00 Å². The lowest BCUT2D eigenvalue weighted by molar-refractivity contribution is 0.148. The molecule has 0 aliphatic carbocycles. The molecule has 2 aliphatic heterocycles. The van der Waals surface area contributed by atoms with E-state index in [1.54, 1.807) is 0 Å². The molecule has 5 heteroatoms. The van der Waals surface area contributed by atoms with Gasteiger partial charge in [-0.2, -0.15) is 5.10 Å². The molecule has 0 saturated carbocycles. The zero-order valence-corrected chi connectivity index (χ0v) is 15.2. The van der Waals surface area contributed by atoms with E-state index in [0.29, 0.717) is 5.92 Å². The highest BCUT2D eigenvalue weighted by Crippen LogP contribution is 2.31. The lowest BCUT2D eigenvalue weighted by atomic mass is 9.91. The zero-order chi connectivity index (χ0) is 17.1. The number of hydrogen-bond acceptors (Lipinski definition) is 4. The fourth-order valence-corrected chi connectivity index (χ4v) is 4.04. The maximum Gasteiger partial charge on any atom is 0.0568 e. The highest BCUT2D eigenvalue weighted by molar-refractivity contribution is 5.66. The number of likely N-dealkylation sites (N-methyl/N-ethyl adjacent to an activating group) is 1. The van der Waals surface area contributed by atoms with Crippen molar-refractivity contribution in [1.29, 1.82) is 0 Å². The van der Waals surface area contributed by atoms with Crippen LogP contribution in [0.15, 0.2) is 30.5 Å². The van der Waals surface area contributed by atoms with Gasteiger partial charge in [0.05, 0.1) is 6.20 Å². The third kappa shape index (κ3) is 3.94. The average molecular weight is 339 g/mol. The van der Waals surface area contributed by atoms with Crippen molar-refractivity contribution in [3.8, 4) is 11.1 Å². The second kappa shape index (κ2) is 7.68. The van der Waals surface area contributed by atoms with Crippen molar-refractivity contribution in [2.75, 3.05) is 46.3 Å². The molecule has 0 bridgehead atoms. The van der Waals surface area contributed by atoms with Crippen LogP contribution in [0.5, 0.6) is 0 Å². The molecule has 2 aromatic rings. The highest BCUT2D eigenvalue weighted by atomic mass is 15.2. The summed E-state index contributed by atoms with van der Waals surface area (Å²) in [6.45, 7) is 7.88. The van der Waals surface area contributed by atoms with Gasteiger partial charge in [0.2, 0.25) is 0 Å². The van der Waals surface area contributed by atoms with Gasteiger partial charge in [0.1, 0.15) is 0 Å². The smallest absolute Gasteiger partial charge is 0.0568 e.